The van der Waals surface area contributed by atoms with Gasteiger partial charge in [-0.05, 0) is 0 Å². The predicted molar refractivity (Wildman–Crippen MR) is 122 cm³/mol. The minimum atomic E-state index is -0.520. The van der Waals surface area contributed by atoms with Crippen LogP contribution >= 0.6 is 0 Å². The first-order valence-corrected chi connectivity index (χ1v) is 12.8. The minimum absolute atomic E-state index is 0.00924. The van der Waals surface area contributed by atoms with Crippen LogP contribution in [0.1, 0.15) is 16.7 Å². The molecule has 1 unspecified atom stereocenters. The monoisotopic (exact) mass is 484 g/mol. The van der Waals surface area contributed by atoms with E-state index < -0.39 is 11.1 Å². The standard InChI is InChI=1S/C26H28O4Se/c27-26-25(30-18-22-14-8-3-9-15-22)24(29-17-21-12-6-2-7-13-21)23(19-31-26)28-16-20-10-4-1-5-11-20/h1-15,23-27H,16-19H2/t23-,24+,25-,26?/m1/s1. The number of hydrogen-bond donors (Lipinski definition) is 1. The summed E-state index contributed by atoms with van der Waals surface area (Å²) in [5.41, 5.74) is 3.30. The third-order valence-corrected chi connectivity index (χ3v) is 7.65. The Bertz CT molecular complexity index is 891. The van der Waals surface area contributed by atoms with Crippen LogP contribution in [0.2, 0.25) is 5.32 Å². The van der Waals surface area contributed by atoms with Crippen molar-refractivity contribution < 1.29 is 19.3 Å². The molecule has 0 radical (unpaired) electrons. The molecule has 0 aliphatic carbocycles. The summed E-state index contributed by atoms with van der Waals surface area (Å²) in [7, 11) is 0. The number of aliphatic hydroxyl groups excluding tert-OH is 1. The van der Waals surface area contributed by atoms with Crippen LogP contribution in [0.4, 0.5) is 0 Å². The number of hydrogen-bond acceptors (Lipinski definition) is 4. The van der Waals surface area contributed by atoms with Crippen LogP contribution < -0.4 is 0 Å². The second-order valence-electron chi connectivity index (χ2n) is 7.58. The van der Waals surface area contributed by atoms with Crippen molar-refractivity contribution in [1.29, 1.82) is 0 Å². The molecule has 4 rings (SSSR count). The van der Waals surface area contributed by atoms with E-state index in [0.717, 1.165) is 22.0 Å². The Morgan fingerprint density at radius 3 is 1.52 bits per heavy atom. The molecule has 162 valence electrons. The average Bonchev–Trinajstić information content (AvgIpc) is 2.83. The summed E-state index contributed by atoms with van der Waals surface area (Å²) in [5, 5.41) is 11.1. The fourth-order valence-electron chi connectivity index (χ4n) is 3.59. The number of ether oxygens (including phenoxy) is 3. The van der Waals surface area contributed by atoms with Crippen LogP contribution in [0.25, 0.3) is 0 Å². The molecule has 0 aromatic heterocycles. The summed E-state index contributed by atoms with van der Waals surface area (Å²) < 4.78 is 18.9. The van der Waals surface area contributed by atoms with Crippen LogP contribution in [0, 0.1) is 0 Å². The third kappa shape index (κ3) is 6.50. The first-order valence-electron chi connectivity index (χ1n) is 10.6. The van der Waals surface area contributed by atoms with E-state index in [1.54, 1.807) is 0 Å². The molecule has 1 fully saturated rings. The average molecular weight is 483 g/mol. The molecule has 1 aliphatic rings. The van der Waals surface area contributed by atoms with Crippen LogP contribution in [0.5, 0.6) is 0 Å². The fourth-order valence-corrected chi connectivity index (χ4v) is 5.89. The van der Waals surface area contributed by atoms with Gasteiger partial charge in [0.2, 0.25) is 0 Å². The zero-order valence-electron chi connectivity index (χ0n) is 17.4. The van der Waals surface area contributed by atoms with Crippen molar-refractivity contribution in [3.63, 3.8) is 0 Å². The molecule has 1 heterocycles. The summed E-state index contributed by atoms with van der Waals surface area (Å²) in [6.07, 6.45) is -0.871. The van der Waals surface area contributed by atoms with Gasteiger partial charge in [-0.25, -0.2) is 0 Å². The molecule has 0 amide bonds. The van der Waals surface area contributed by atoms with Gasteiger partial charge in [0.15, 0.2) is 0 Å². The molecule has 1 N–H and O–H groups in total. The van der Waals surface area contributed by atoms with Gasteiger partial charge >= 0.3 is 190 Å². The molecule has 0 bridgehead atoms. The molecule has 3 aromatic rings. The maximum absolute atomic E-state index is 10.8. The van der Waals surface area contributed by atoms with E-state index >= 15 is 0 Å². The molecule has 4 atom stereocenters. The first kappa shape index (κ1) is 22.2. The Morgan fingerprint density at radius 1 is 0.613 bits per heavy atom. The molecule has 31 heavy (non-hydrogen) atoms. The second-order valence-corrected chi connectivity index (χ2v) is 9.99. The number of benzene rings is 3. The van der Waals surface area contributed by atoms with Crippen molar-refractivity contribution in [2.24, 2.45) is 0 Å². The first-order chi connectivity index (χ1) is 15.3. The molecular weight excluding hydrogens is 455 g/mol. The second kappa shape index (κ2) is 11.6. The van der Waals surface area contributed by atoms with Crippen molar-refractivity contribution in [3.8, 4) is 0 Å². The Hall–Kier alpha value is -1.98. The van der Waals surface area contributed by atoms with E-state index in [1.807, 2.05) is 78.9 Å². The van der Waals surface area contributed by atoms with Crippen molar-refractivity contribution in [2.75, 3.05) is 0 Å². The maximum atomic E-state index is 10.8. The Labute approximate surface area is 190 Å². The number of rotatable bonds is 9. The molecule has 0 spiro atoms. The molecule has 5 heteroatoms. The normalized spacial score (nSPS) is 23.5. The fraction of sp³-hybridized carbons (Fsp3) is 0.308. The van der Waals surface area contributed by atoms with Crippen LogP contribution in [0.3, 0.4) is 0 Å². The predicted octanol–water partition coefficient (Wildman–Crippen LogP) is 4.20. The van der Waals surface area contributed by atoms with Crippen molar-refractivity contribution in [3.05, 3.63) is 108 Å². The molecule has 0 saturated carbocycles. The van der Waals surface area contributed by atoms with Gasteiger partial charge in [0.25, 0.3) is 0 Å². The van der Waals surface area contributed by atoms with Crippen LogP contribution in [-0.4, -0.2) is 43.4 Å². The van der Waals surface area contributed by atoms with E-state index in [9.17, 15) is 5.11 Å². The molecule has 4 nitrogen and oxygen atoms in total. The van der Waals surface area contributed by atoms with Gasteiger partial charge in [-0.15, -0.1) is 0 Å². The zero-order chi connectivity index (χ0) is 21.3. The van der Waals surface area contributed by atoms with Gasteiger partial charge in [0.1, 0.15) is 0 Å². The van der Waals surface area contributed by atoms with Crippen LogP contribution in [0.15, 0.2) is 91.0 Å². The quantitative estimate of drug-likeness (QED) is 0.464. The van der Waals surface area contributed by atoms with Gasteiger partial charge in [-0.2, -0.15) is 0 Å². The summed E-state index contributed by atoms with van der Waals surface area (Å²) in [6.45, 7) is 1.42. The van der Waals surface area contributed by atoms with Crippen LogP contribution in [-0.2, 0) is 34.0 Å². The Kier molecular flexibility index (Phi) is 8.30. The van der Waals surface area contributed by atoms with Gasteiger partial charge < -0.3 is 0 Å². The topological polar surface area (TPSA) is 47.9 Å². The van der Waals surface area contributed by atoms with Gasteiger partial charge in [-0.3, -0.25) is 0 Å². The summed E-state index contributed by atoms with van der Waals surface area (Å²) in [6, 6.07) is 30.3. The van der Waals surface area contributed by atoms with Crippen molar-refractivity contribution in [1.82, 2.24) is 0 Å². The summed E-state index contributed by atoms with van der Waals surface area (Å²) >= 11 is 0.00924. The van der Waals surface area contributed by atoms with E-state index in [1.165, 1.54) is 0 Å². The number of aliphatic hydroxyl groups is 1. The Morgan fingerprint density at radius 2 is 1.03 bits per heavy atom. The Balaban J connectivity index is 1.46. The van der Waals surface area contributed by atoms with Gasteiger partial charge in [0, 0.05) is 0 Å². The zero-order valence-corrected chi connectivity index (χ0v) is 19.1. The third-order valence-electron chi connectivity index (χ3n) is 5.28. The van der Waals surface area contributed by atoms with E-state index in [2.05, 4.69) is 12.1 Å². The summed E-state index contributed by atoms with van der Waals surface area (Å²) in [5.74, 6) is 0. The van der Waals surface area contributed by atoms with E-state index in [0.29, 0.717) is 19.8 Å². The van der Waals surface area contributed by atoms with Crippen molar-refractivity contribution >= 4 is 15.0 Å². The van der Waals surface area contributed by atoms with Crippen molar-refractivity contribution in [2.45, 2.75) is 48.5 Å². The molecule has 3 aromatic carbocycles. The molecular formula is C26H28O4Se. The van der Waals surface area contributed by atoms with Gasteiger partial charge in [0.05, 0.1) is 0 Å². The SMILES string of the molecule is OC1[Se]C[C@@H](OCc2ccccc2)[C@H](OCc2ccccc2)[C@H]1OCc1ccccc1. The van der Waals surface area contributed by atoms with E-state index in [4.69, 9.17) is 14.2 Å². The molecule has 1 aliphatic heterocycles. The summed E-state index contributed by atoms with van der Waals surface area (Å²) in [4.78, 5) is 0. The molecule has 1 saturated heterocycles. The van der Waals surface area contributed by atoms with Gasteiger partial charge in [-0.1, -0.05) is 0 Å². The van der Waals surface area contributed by atoms with E-state index in [-0.39, 0.29) is 27.2 Å².